The molecule has 0 N–H and O–H groups in total. The lowest BCUT2D eigenvalue weighted by Crippen LogP contribution is -2.50. The Labute approximate surface area is 174 Å². The Morgan fingerprint density at radius 2 is 1.80 bits per heavy atom. The van der Waals surface area contributed by atoms with Gasteiger partial charge in [0.1, 0.15) is 11.4 Å². The van der Waals surface area contributed by atoms with E-state index in [0.29, 0.717) is 12.2 Å². The summed E-state index contributed by atoms with van der Waals surface area (Å²) in [7, 11) is 1.66. The average molecular weight is 404 g/mol. The van der Waals surface area contributed by atoms with Crippen LogP contribution in [0.4, 0.5) is 0 Å². The highest BCUT2D eigenvalue weighted by molar-refractivity contribution is 5.92. The molecule has 1 aliphatic heterocycles. The Morgan fingerprint density at radius 3 is 2.50 bits per heavy atom. The lowest BCUT2D eigenvalue weighted by Gasteiger charge is -2.44. The molecule has 1 aromatic carbocycles. The maximum atomic E-state index is 13.3. The number of methoxy groups -OCH3 is 1. The van der Waals surface area contributed by atoms with Crippen LogP contribution in [0.1, 0.15) is 53.7 Å². The van der Waals surface area contributed by atoms with E-state index >= 15 is 0 Å². The predicted octanol–water partition coefficient (Wildman–Crippen LogP) is 3.19. The molecule has 0 radical (unpaired) electrons. The predicted molar refractivity (Wildman–Crippen MR) is 110 cm³/mol. The van der Waals surface area contributed by atoms with Crippen molar-refractivity contribution in [2.24, 2.45) is 0 Å². The Bertz CT molecular complexity index is 1060. The highest BCUT2D eigenvalue weighted by Crippen LogP contribution is 2.40. The van der Waals surface area contributed by atoms with Crippen LogP contribution < -0.4 is 4.74 Å². The standard InChI is InChI=1S/C22H24N6O2/c1-14-11-24-17(12-23-14)22(29)27-13-20-25-26-21(15-7-9-16(30-2)10-8-15)28(20)19-6-4-3-5-18(19)27/h7-12,18-19H,3-6,13H2,1-2H3/t18-,19-/m0/s1. The van der Waals surface area contributed by atoms with Crippen LogP contribution in [0.5, 0.6) is 5.75 Å². The Morgan fingerprint density at radius 1 is 1.03 bits per heavy atom. The minimum atomic E-state index is -0.0837. The van der Waals surface area contributed by atoms with Crippen molar-refractivity contribution in [1.29, 1.82) is 0 Å². The number of nitrogens with zero attached hydrogens (tertiary/aromatic N) is 6. The van der Waals surface area contributed by atoms with Crippen LogP contribution >= 0.6 is 0 Å². The van der Waals surface area contributed by atoms with E-state index in [9.17, 15) is 4.79 Å². The van der Waals surface area contributed by atoms with Crippen molar-refractivity contribution < 1.29 is 9.53 Å². The van der Waals surface area contributed by atoms with E-state index in [1.165, 1.54) is 0 Å². The second-order valence-corrected chi connectivity index (χ2v) is 7.93. The molecule has 1 amide bonds. The maximum absolute atomic E-state index is 13.3. The van der Waals surface area contributed by atoms with Crippen LogP contribution in [0, 0.1) is 6.92 Å². The van der Waals surface area contributed by atoms with Gasteiger partial charge in [0, 0.05) is 11.8 Å². The molecule has 1 aliphatic carbocycles. The number of hydrogen-bond donors (Lipinski definition) is 0. The van der Waals surface area contributed by atoms with Gasteiger partial charge in [0.2, 0.25) is 0 Å². The van der Waals surface area contributed by atoms with Crippen molar-refractivity contribution in [3.63, 3.8) is 0 Å². The topological polar surface area (TPSA) is 86.0 Å². The van der Waals surface area contributed by atoms with Gasteiger partial charge < -0.3 is 14.2 Å². The Balaban J connectivity index is 1.52. The largest absolute Gasteiger partial charge is 0.497 e. The molecule has 0 spiro atoms. The van der Waals surface area contributed by atoms with Crippen LogP contribution in [0.15, 0.2) is 36.7 Å². The van der Waals surface area contributed by atoms with Crippen LogP contribution in [0.2, 0.25) is 0 Å². The Hall–Kier alpha value is -3.29. The fourth-order valence-electron chi connectivity index (χ4n) is 4.62. The number of carbonyl (C=O) groups is 1. The molecular weight excluding hydrogens is 380 g/mol. The van der Waals surface area contributed by atoms with E-state index < -0.39 is 0 Å². The number of fused-ring (bicyclic) bond motifs is 3. The van der Waals surface area contributed by atoms with Crippen LogP contribution in [-0.4, -0.2) is 48.7 Å². The molecule has 2 aliphatic rings. The third-order valence-corrected chi connectivity index (χ3v) is 6.11. The molecule has 1 fully saturated rings. The molecule has 3 aromatic rings. The second kappa shape index (κ2) is 7.51. The highest BCUT2D eigenvalue weighted by atomic mass is 16.5. The van der Waals surface area contributed by atoms with Crippen molar-refractivity contribution in [3.05, 3.63) is 53.9 Å². The normalized spacial score (nSPS) is 20.4. The first-order valence-electron chi connectivity index (χ1n) is 10.3. The Kier molecular flexibility index (Phi) is 4.69. The van der Waals surface area contributed by atoms with Gasteiger partial charge in [-0.2, -0.15) is 0 Å². The van der Waals surface area contributed by atoms with Gasteiger partial charge in [-0.3, -0.25) is 9.78 Å². The van der Waals surface area contributed by atoms with Crippen molar-refractivity contribution >= 4 is 5.91 Å². The summed E-state index contributed by atoms with van der Waals surface area (Å²) in [6.07, 6.45) is 7.42. The van der Waals surface area contributed by atoms with Gasteiger partial charge in [-0.1, -0.05) is 12.8 Å². The monoisotopic (exact) mass is 404 g/mol. The number of rotatable bonds is 3. The summed E-state index contributed by atoms with van der Waals surface area (Å²) in [6, 6.07) is 8.15. The molecule has 1 saturated carbocycles. The number of aryl methyl sites for hydroxylation is 1. The molecule has 8 nitrogen and oxygen atoms in total. The summed E-state index contributed by atoms with van der Waals surface area (Å²) in [6.45, 7) is 2.29. The number of ether oxygens (including phenoxy) is 1. The van der Waals surface area contributed by atoms with Gasteiger partial charge in [-0.05, 0) is 44.0 Å². The molecule has 154 valence electrons. The van der Waals surface area contributed by atoms with Crippen molar-refractivity contribution in [3.8, 4) is 17.1 Å². The molecule has 5 rings (SSSR count). The summed E-state index contributed by atoms with van der Waals surface area (Å²) < 4.78 is 7.52. The van der Waals surface area contributed by atoms with Gasteiger partial charge in [0.15, 0.2) is 11.6 Å². The minimum Gasteiger partial charge on any atom is -0.497 e. The number of hydrogen-bond acceptors (Lipinski definition) is 6. The zero-order chi connectivity index (χ0) is 20.7. The lowest BCUT2D eigenvalue weighted by molar-refractivity contribution is 0.0414. The molecule has 2 aromatic heterocycles. The van der Waals surface area contributed by atoms with Gasteiger partial charge in [-0.25, -0.2) is 4.98 Å². The minimum absolute atomic E-state index is 0.0837. The fraction of sp³-hybridized carbons (Fsp3) is 0.409. The SMILES string of the molecule is COc1ccc(-c2nnc3n2[C@H]2CCCC[C@@H]2N(C(=O)c2cnc(C)cn2)C3)cc1. The maximum Gasteiger partial charge on any atom is 0.274 e. The van der Waals surface area contributed by atoms with E-state index in [1.807, 2.05) is 36.1 Å². The van der Waals surface area contributed by atoms with Crippen LogP contribution in [0.25, 0.3) is 11.4 Å². The van der Waals surface area contributed by atoms with E-state index in [4.69, 9.17) is 4.74 Å². The third kappa shape index (κ3) is 3.12. The average Bonchev–Trinajstić information content (AvgIpc) is 3.23. The van der Waals surface area contributed by atoms with Crippen molar-refractivity contribution in [2.75, 3.05) is 7.11 Å². The van der Waals surface area contributed by atoms with Gasteiger partial charge in [-0.15, -0.1) is 10.2 Å². The summed E-state index contributed by atoms with van der Waals surface area (Å²) in [4.78, 5) is 23.8. The zero-order valence-electron chi connectivity index (χ0n) is 17.2. The molecule has 3 heterocycles. The smallest absolute Gasteiger partial charge is 0.274 e. The second-order valence-electron chi connectivity index (χ2n) is 7.93. The number of aromatic nitrogens is 5. The van der Waals surface area contributed by atoms with E-state index in [1.54, 1.807) is 19.5 Å². The lowest BCUT2D eigenvalue weighted by atomic mass is 9.87. The first-order chi connectivity index (χ1) is 14.7. The molecule has 2 atom stereocenters. The van der Waals surface area contributed by atoms with Crippen molar-refractivity contribution in [2.45, 2.75) is 51.2 Å². The molecule has 0 saturated heterocycles. The summed E-state index contributed by atoms with van der Waals surface area (Å²) in [5, 5.41) is 8.96. The quantitative estimate of drug-likeness (QED) is 0.666. The summed E-state index contributed by atoms with van der Waals surface area (Å²) in [5.74, 6) is 2.40. The van der Waals surface area contributed by atoms with E-state index in [-0.39, 0.29) is 18.0 Å². The first-order valence-corrected chi connectivity index (χ1v) is 10.3. The molecule has 30 heavy (non-hydrogen) atoms. The number of benzene rings is 1. The van der Waals surface area contributed by atoms with Gasteiger partial charge in [0.05, 0.1) is 37.6 Å². The fourth-order valence-corrected chi connectivity index (χ4v) is 4.62. The molecule has 0 unspecified atom stereocenters. The van der Waals surface area contributed by atoms with Crippen LogP contribution in [-0.2, 0) is 6.54 Å². The third-order valence-electron chi connectivity index (χ3n) is 6.11. The van der Waals surface area contributed by atoms with Crippen LogP contribution in [0.3, 0.4) is 0 Å². The molecule has 8 heteroatoms. The van der Waals surface area contributed by atoms with E-state index in [2.05, 4.69) is 24.7 Å². The zero-order valence-corrected chi connectivity index (χ0v) is 17.2. The molecular formula is C22H24N6O2. The number of amides is 1. The summed E-state index contributed by atoms with van der Waals surface area (Å²) >= 11 is 0. The van der Waals surface area contributed by atoms with Gasteiger partial charge >= 0.3 is 0 Å². The highest BCUT2D eigenvalue weighted by Gasteiger charge is 2.41. The summed E-state index contributed by atoms with van der Waals surface area (Å²) in [5.41, 5.74) is 2.18. The van der Waals surface area contributed by atoms with Crippen molar-refractivity contribution in [1.82, 2.24) is 29.6 Å². The first kappa shape index (κ1) is 18.7. The number of carbonyl (C=O) groups excluding carboxylic acids is 1. The van der Waals surface area contributed by atoms with Gasteiger partial charge in [0.25, 0.3) is 5.91 Å². The molecule has 0 bridgehead atoms. The van der Waals surface area contributed by atoms with E-state index in [0.717, 1.165) is 54.3 Å².